The van der Waals surface area contributed by atoms with Crippen LogP contribution in [0.2, 0.25) is 0 Å². The molecule has 0 aliphatic heterocycles. The molecule has 1 amide bonds. The van der Waals surface area contributed by atoms with Gasteiger partial charge in [0.05, 0.1) is 0 Å². The van der Waals surface area contributed by atoms with Gasteiger partial charge < -0.3 is 4.90 Å². The summed E-state index contributed by atoms with van der Waals surface area (Å²) in [5, 5.41) is 0. The van der Waals surface area contributed by atoms with Crippen molar-refractivity contribution in [1.82, 2.24) is 4.90 Å². The molecular weight excluding hydrogens is 313 g/mol. The minimum Gasteiger partial charge on any atom is -0.339 e. The molecule has 0 radical (unpaired) electrons. The van der Waals surface area contributed by atoms with Crippen LogP contribution < -0.4 is 0 Å². The lowest BCUT2D eigenvalue weighted by Gasteiger charge is -2.21. The van der Waals surface area contributed by atoms with Crippen LogP contribution in [0, 0.1) is 3.57 Å². The fourth-order valence-electron chi connectivity index (χ4n) is 1.53. The highest BCUT2D eigenvalue weighted by Gasteiger charge is 2.09. The van der Waals surface area contributed by atoms with Crippen molar-refractivity contribution >= 4 is 28.5 Å². The lowest BCUT2D eigenvalue weighted by Crippen LogP contribution is -2.29. The van der Waals surface area contributed by atoms with Crippen molar-refractivity contribution in [2.24, 2.45) is 0 Å². The summed E-state index contributed by atoms with van der Waals surface area (Å²) in [4.78, 5) is 13.4. The van der Waals surface area contributed by atoms with Crippen molar-refractivity contribution in [3.63, 3.8) is 0 Å². The van der Waals surface area contributed by atoms with Crippen LogP contribution in [0.15, 0.2) is 24.3 Å². The Morgan fingerprint density at radius 3 is 2.62 bits per heavy atom. The molecule has 0 spiro atoms. The highest BCUT2D eigenvalue weighted by molar-refractivity contribution is 14.1. The molecule has 16 heavy (non-hydrogen) atoms. The van der Waals surface area contributed by atoms with Gasteiger partial charge in [-0.05, 0) is 40.6 Å². The Labute approximate surface area is 111 Å². The summed E-state index contributed by atoms with van der Waals surface area (Å²) in [7, 11) is 0. The smallest absolute Gasteiger partial charge is 0.219 e. The third-order valence-corrected chi connectivity index (χ3v) is 3.60. The van der Waals surface area contributed by atoms with E-state index in [0.29, 0.717) is 0 Å². The van der Waals surface area contributed by atoms with Crippen LogP contribution in [0.1, 0.15) is 32.3 Å². The number of unbranched alkanes of at least 4 members (excludes halogenated alkanes) is 1. The van der Waals surface area contributed by atoms with Crippen molar-refractivity contribution in [2.75, 3.05) is 6.54 Å². The van der Waals surface area contributed by atoms with Crippen LogP contribution in [-0.2, 0) is 11.3 Å². The molecule has 0 aromatic heterocycles. The Hall–Kier alpha value is -0.580. The zero-order chi connectivity index (χ0) is 12.0. The van der Waals surface area contributed by atoms with E-state index in [0.717, 1.165) is 25.9 Å². The average molecular weight is 331 g/mol. The third-order valence-electron chi connectivity index (χ3n) is 2.55. The molecule has 0 bridgehead atoms. The largest absolute Gasteiger partial charge is 0.339 e. The quantitative estimate of drug-likeness (QED) is 0.757. The Morgan fingerprint density at radius 1 is 1.38 bits per heavy atom. The second-order valence-electron chi connectivity index (χ2n) is 3.89. The summed E-state index contributed by atoms with van der Waals surface area (Å²) in [6.07, 6.45) is 2.19. The number of carbonyl (C=O) groups is 1. The van der Waals surface area contributed by atoms with Crippen LogP contribution in [0.25, 0.3) is 0 Å². The molecule has 0 N–H and O–H groups in total. The Balaban J connectivity index is 2.68. The van der Waals surface area contributed by atoms with Gasteiger partial charge in [-0.3, -0.25) is 4.79 Å². The predicted octanol–water partition coefficient (Wildman–Crippen LogP) is 3.44. The second-order valence-corrected chi connectivity index (χ2v) is 5.05. The summed E-state index contributed by atoms with van der Waals surface area (Å²) in [6, 6.07) is 8.21. The van der Waals surface area contributed by atoms with Gasteiger partial charge in [0.1, 0.15) is 0 Å². The zero-order valence-electron chi connectivity index (χ0n) is 9.87. The molecule has 0 fully saturated rings. The maximum atomic E-state index is 11.5. The lowest BCUT2D eigenvalue weighted by molar-refractivity contribution is -0.129. The van der Waals surface area contributed by atoms with Gasteiger partial charge in [-0.2, -0.15) is 0 Å². The topological polar surface area (TPSA) is 20.3 Å². The highest BCUT2D eigenvalue weighted by atomic mass is 127. The van der Waals surface area contributed by atoms with Gasteiger partial charge in [-0.1, -0.05) is 31.5 Å². The van der Waals surface area contributed by atoms with Gasteiger partial charge in [0.15, 0.2) is 0 Å². The third kappa shape index (κ3) is 4.12. The molecule has 0 atom stereocenters. The van der Waals surface area contributed by atoms with Crippen molar-refractivity contribution in [1.29, 1.82) is 0 Å². The number of nitrogens with zero attached hydrogens (tertiary/aromatic N) is 1. The standard InChI is InChI=1S/C13H18INO/c1-3-4-9-15(11(2)16)10-12-7-5-6-8-13(12)14/h5-8H,3-4,9-10H2,1-2H3. The van der Waals surface area contributed by atoms with Gasteiger partial charge in [-0.15, -0.1) is 0 Å². The molecule has 0 saturated heterocycles. The maximum Gasteiger partial charge on any atom is 0.219 e. The molecule has 0 aliphatic rings. The van der Waals surface area contributed by atoms with Crippen molar-refractivity contribution in [2.45, 2.75) is 33.2 Å². The molecule has 1 aromatic carbocycles. The molecule has 2 nitrogen and oxygen atoms in total. The summed E-state index contributed by atoms with van der Waals surface area (Å²) in [5.41, 5.74) is 1.23. The van der Waals surface area contributed by atoms with E-state index in [1.807, 2.05) is 17.0 Å². The van der Waals surface area contributed by atoms with Crippen LogP contribution in [0.5, 0.6) is 0 Å². The zero-order valence-corrected chi connectivity index (χ0v) is 12.0. The van der Waals surface area contributed by atoms with Gasteiger partial charge in [0.2, 0.25) is 5.91 Å². The fourth-order valence-corrected chi connectivity index (χ4v) is 2.09. The molecule has 88 valence electrons. The maximum absolute atomic E-state index is 11.5. The van der Waals surface area contributed by atoms with Crippen LogP contribution in [0.4, 0.5) is 0 Å². The highest BCUT2D eigenvalue weighted by Crippen LogP contribution is 2.14. The van der Waals surface area contributed by atoms with E-state index >= 15 is 0 Å². The number of rotatable bonds is 5. The van der Waals surface area contributed by atoms with Crippen molar-refractivity contribution in [3.8, 4) is 0 Å². The second kappa shape index (κ2) is 6.89. The van der Waals surface area contributed by atoms with E-state index in [1.54, 1.807) is 6.92 Å². The number of benzene rings is 1. The summed E-state index contributed by atoms with van der Waals surface area (Å²) in [6.45, 7) is 5.38. The lowest BCUT2D eigenvalue weighted by atomic mass is 10.2. The number of carbonyl (C=O) groups excluding carboxylic acids is 1. The van der Waals surface area contributed by atoms with Gasteiger partial charge >= 0.3 is 0 Å². The number of hydrogen-bond donors (Lipinski definition) is 0. The van der Waals surface area contributed by atoms with E-state index in [1.165, 1.54) is 9.13 Å². The molecule has 0 saturated carbocycles. The van der Waals surface area contributed by atoms with Crippen LogP contribution >= 0.6 is 22.6 Å². The fraction of sp³-hybridized carbons (Fsp3) is 0.462. The molecule has 1 aromatic rings. The van der Waals surface area contributed by atoms with Crippen molar-refractivity contribution in [3.05, 3.63) is 33.4 Å². The SMILES string of the molecule is CCCCN(Cc1ccccc1I)C(C)=O. The Kier molecular flexibility index (Phi) is 5.80. The van der Waals surface area contributed by atoms with E-state index < -0.39 is 0 Å². The first-order chi connectivity index (χ1) is 7.65. The molecule has 1 rings (SSSR count). The Morgan fingerprint density at radius 2 is 2.06 bits per heavy atom. The van der Waals surface area contributed by atoms with E-state index in [9.17, 15) is 4.79 Å². The first-order valence-electron chi connectivity index (χ1n) is 5.64. The molecule has 0 aliphatic carbocycles. The molecule has 3 heteroatoms. The minimum absolute atomic E-state index is 0.160. The van der Waals surface area contributed by atoms with E-state index in [2.05, 4.69) is 41.6 Å². The van der Waals surface area contributed by atoms with E-state index in [-0.39, 0.29) is 5.91 Å². The van der Waals surface area contributed by atoms with E-state index in [4.69, 9.17) is 0 Å². The predicted molar refractivity (Wildman–Crippen MR) is 75.2 cm³/mol. The van der Waals surface area contributed by atoms with Crippen LogP contribution in [0.3, 0.4) is 0 Å². The minimum atomic E-state index is 0.160. The number of halogens is 1. The normalized spacial score (nSPS) is 10.2. The summed E-state index contributed by atoms with van der Waals surface area (Å²) in [5.74, 6) is 0.160. The van der Waals surface area contributed by atoms with Gasteiger partial charge in [-0.25, -0.2) is 0 Å². The first-order valence-corrected chi connectivity index (χ1v) is 6.72. The van der Waals surface area contributed by atoms with Gasteiger partial charge in [0, 0.05) is 23.6 Å². The molecular formula is C13H18INO. The summed E-state index contributed by atoms with van der Waals surface area (Å²) >= 11 is 2.32. The average Bonchev–Trinajstić information content (AvgIpc) is 2.26. The van der Waals surface area contributed by atoms with Crippen molar-refractivity contribution < 1.29 is 4.79 Å². The number of amides is 1. The summed E-state index contributed by atoms with van der Waals surface area (Å²) < 4.78 is 1.22. The van der Waals surface area contributed by atoms with Crippen LogP contribution in [-0.4, -0.2) is 17.4 Å². The monoisotopic (exact) mass is 331 g/mol. The molecule has 0 heterocycles. The Bertz CT molecular complexity index is 352. The van der Waals surface area contributed by atoms with Gasteiger partial charge in [0.25, 0.3) is 0 Å². The number of hydrogen-bond acceptors (Lipinski definition) is 1. The molecule has 0 unspecified atom stereocenters. The first kappa shape index (κ1) is 13.5.